The molecule has 6 heteroatoms. The second-order valence-electron chi connectivity index (χ2n) is 9.91. The Morgan fingerprint density at radius 2 is 1.12 bits per heavy atom. The minimum atomic E-state index is -2.03. The van der Waals surface area contributed by atoms with Gasteiger partial charge in [-0.15, -0.1) is 0 Å². The number of esters is 1. The smallest absolute Gasteiger partial charge is 0.338 e. The second kappa shape index (κ2) is 7.39. The molecule has 26 heavy (non-hydrogen) atoms. The molecule has 0 saturated heterocycles. The summed E-state index contributed by atoms with van der Waals surface area (Å²) in [7, 11) is -2.67. The van der Waals surface area contributed by atoms with Crippen LogP contribution in [0.25, 0.3) is 0 Å². The molecule has 0 aliphatic heterocycles. The van der Waals surface area contributed by atoms with Crippen LogP contribution < -0.4 is 8.85 Å². The first-order valence-electron chi connectivity index (χ1n) is 9.12. The Bertz CT molecular complexity index is 607. The van der Waals surface area contributed by atoms with Gasteiger partial charge in [0.25, 0.3) is 0 Å². The summed E-state index contributed by atoms with van der Waals surface area (Å²) in [5.41, 5.74) is 0.456. The number of rotatable bonds is 5. The standard InChI is InChI=1S/C20H36O4Si2/c1-19(2,3)25(8,9)23-16-12-15(18(21)22-7)13-17(14-16)24-26(10,11)20(4,5)6/h12-14H,1-11H3. The van der Waals surface area contributed by atoms with Gasteiger partial charge < -0.3 is 13.6 Å². The fourth-order valence-corrected chi connectivity index (χ4v) is 3.85. The maximum absolute atomic E-state index is 12.1. The first-order valence-corrected chi connectivity index (χ1v) is 14.9. The molecule has 1 aromatic carbocycles. The van der Waals surface area contributed by atoms with Crippen molar-refractivity contribution >= 4 is 22.6 Å². The number of hydrogen-bond donors (Lipinski definition) is 0. The Kier molecular flexibility index (Phi) is 6.47. The van der Waals surface area contributed by atoms with Gasteiger partial charge in [0, 0.05) is 6.07 Å². The van der Waals surface area contributed by atoms with Crippen LogP contribution in [0.4, 0.5) is 0 Å². The van der Waals surface area contributed by atoms with Gasteiger partial charge in [0.05, 0.1) is 12.7 Å². The SMILES string of the molecule is COC(=O)c1cc(O[Si](C)(C)C(C)(C)C)cc(O[Si](C)(C)C(C)(C)C)c1. The Morgan fingerprint density at radius 3 is 1.38 bits per heavy atom. The molecule has 0 spiro atoms. The summed E-state index contributed by atoms with van der Waals surface area (Å²) in [4.78, 5) is 12.1. The third-order valence-electron chi connectivity index (χ3n) is 5.66. The Labute approximate surface area is 161 Å². The van der Waals surface area contributed by atoms with E-state index in [4.69, 9.17) is 13.6 Å². The van der Waals surface area contributed by atoms with Crippen LogP contribution >= 0.6 is 0 Å². The van der Waals surface area contributed by atoms with E-state index in [2.05, 4.69) is 67.7 Å². The van der Waals surface area contributed by atoms with Crippen LogP contribution in [0.1, 0.15) is 51.9 Å². The van der Waals surface area contributed by atoms with Gasteiger partial charge in [-0.05, 0) is 48.4 Å². The molecular formula is C20H36O4Si2. The molecule has 0 atom stereocenters. The summed E-state index contributed by atoms with van der Waals surface area (Å²) in [6, 6.07) is 5.42. The Balaban J connectivity index is 3.34. The minimum Gasteiger partial charge on any atom is -0.543 e. The monoisotopic (exact) mass is 396 g/mol. The van der Waals surface area contributed by atoms with E-state index in [1.807, 2.05) is 6.07 Å². The van der Waals surface area contributed by atoms with E-state index in [0.717, 1.165) is 0 Å². The van der Waals surface area contributed by atoms with E-state index in [9.17, 15) is 4.79 Å². The molecule has 4 nitrogen and oxygen atoms in total. The largest absolute Gasteiger partial charge is 0.543 e. The summed E-state index contributed by atoms with van der Waals surface area (Å²) in [5, 5.41) is 0.128. The number of benzene rings is 1. The van der Waals surface area contributed by atoms with Crippen molar-refractivity contribution in [2.45, 2.75) is 77.8 Å². The van der Waals surface area contributed by atoms with Crippen molar-refractivity contribution in [2.24, 2.45) is 0 Å². The van der Waals surface area contributed by atoms with Crippen molar-refractivity contribution in [3.8, 4) is 11.5 Å². The van der Waals surface area contributed by atoms with E-state index in [-0.39, 0.29) is 16.0 Å². The van der Waals surface area contributed by atoms with Crippen LogP contribution in [-0.4, -0.2) is 29.7 Å². The van der Waals surface area contributed by atoms with Crippen molar-refractivity contribution in [3.63, 3.8) is 0 Å². The normalized spacial score (nSPS) is 13.3. The Morgan fingerprint density at radius 1 is 0.769 bits per heavy atom. The maximum Gasteiger partial charge on any atom is 0.338 e. The zero-order valence-electron chi connectivity index (χ0n) is 18.4. The predicted octanol–water partition coefficient (Wildman–Crippen LogP) is 6.24. The van der Waals surface area contributed by atoms with Crippen LogP contribution in [0.3, 0.4) is 0 Å². The second-order valence-corrected chi connectivity index (χ2v) is 19.4. The topological polar surface area (TPSA) is 44.8 Å². The van der Waals surface area contributed by atoms with E-state index < -0.39 is 16.6 Å². The van der Waals surface area contributed by atoms with Crippen molar-refractivity contribution in [3.05, 3.63) is 23.8 Å². The van der Waals surface area contributed by atoms with Crippen LogP contribution in [0.2, 0.25) is 36.3 Å². The van der Waals surface area contributed by atoms with Gasteiger partial charge in [0.1, 0.15) is 11.5 Å². The molecule has 0 fully saturated rings. The highest BCUT2D eigenvalue weighted by Gasteiger charge is 2.40. The fourth-order valence-electron chi connectivity index (χ4n) is 1.82. The summed E-state index contributed by atoms with van der Waals surface area (Å²) in [5.74, 6) is 0.965. The highest BCUT2D eigenvalue weighted by molar-refractivity contribution is 6.75. The highest BCUT2D eigenvalue weighted by Crippen LogP contribution is 2.40. The molecule has 0 unspecified atom stereocenters. The molecule has 0 saturated carbocycles. The fraction of sp³-hybridized carbons (Fsp3) is 0.650. The van der Waals surface area contributed by atoms with E-state index in [1.165, 1.54) is 7.11 Å². The van der Waals surface area contributed by atoms with E-state index >= 15 is 0 Å². The Hall–Kier alpha value is -1.28. The molecule has 0 amide bonds. The molecule has 1 rings (SSSR count). The third kappa shape index (κ3) is 5.36. The molecule has 0 aliphatic carbocycles. The molecule has 0 heterocycles. The molecule has 0 radical (unpaired) electrons. The molecular weight excluding hydrogens is 360 g/mol. The lowest BCUT2D eigenvalue weighted by atomic mass is 10.2. The molecule has 0 aliphatic rings. The zero-order valence-corrected chi connectivity index (χ0v) is 20.4. The lowest BCUT2D eigenvalue weighted by Gasteiger charge is -2.38. The summed E-state index contributed by atoms with van der Waals surface area (Å²) in [6.07, 6.45) is 0. The van der Waals surface area contributed by atoms with Crippen molar-refractivity contribution in [1.29, 1.82) is 0 Å². The van der Waals surface area contributed by atoms with Crippen molar-refractivity contribution in [2.75, 3.05) is 7.11 Å². The molecule has 0 N–H and O–H groups in total. The van der Waals surface area contributed by atoms with Crippen LogP contribution in [0.15, 0.2) is 18.2 Å². The van der Waals surface area contributed by atoms with E-state index in [0.29, 0.717) is 17.1 Å². The van der Waals surface area contributed by atoms with Crippen molar-refractivity contribution < 1.29 is 18.4 Å². The summed E-state index contributed by atoms with van der Waals surface area (Å²) in [6.45, 7) is 21.9. The third-order valence-corrected chi connectivity index (χ3v) is 14.4. The van der Waals surface area contributed by atoms with Gasteiger partial charge in [-0.3, -0.25) is 0 Å². The molecule has 0 aromatic heterocycles. The zero-order chi connectivity index (χ0) is 20.6. The number of carbonyl (C=O) groups excluding carboxylic acids is 1. The highest BCUT2D eigenvalue weighted by atomic mass is 28.4. The predicted molar refractivity (Wildman–Crippen MR) is 113 cm³/mol. The van der Waals surface area contributed by atoms with Gasteiger partial charge in [-0.2, -0.15) is 0 Å². The quantitative estimate of drug-likeness (QED) is 0.436. The summed E-state index contributed by atoms with van der Waals surface area (Å²) >= 11 is 0. The van der Waals surface area contributed by atoms with Gasteiger partial charge in [0.15, 0.2) is 0 Å². The van der Waals surface area contributed by atoms with E-state index in [1.54, 1.807) is 12.1 Å². The summed E-state index contributed by atoms with van der Waals surface area (Å²) < 4.78 is 17.7. The van der Waals surface area contributed by atoms with Gasteiger partial charge in [0.2, 0.25) is 16.6 Å². The first-order chi connectivity index (χ1) is 11.5. The first kappa shape index (κ1) is 22.8. The number of methoxy groups -OCH3 is 1. The van der Waals surface area contributed by atoms with Gasteiger partial charge >= 0.3 is 5.97 Å². The number of carbonyl (C=O) groups is 1. The van der Waals surface area contributed by atoms with Gasteiger partial charge in [-0.1, -0.05) is 41.5 Å². The van der Waals surface area contributed by atoms with Crippen molar-refractivity contribution in [1.82, 2.24) is 0 Å². The van der Waals surface area contributed by atoms with Crippen LogP contribution in [0.5, 0.6) is 11.5 Å². The lowest BCUT2D eigenvalue weighted by Crippen LogP contribution is -2.44. The molecule has 148 valence electrons. The average molecular weight is 397 g/mol. The van der Waals surface area contributed by atoms with Crippen LogP contribution in [-0.2, 0) is 4.74 Å². The maximum atomic E-state index is 12.1. The molecule has 0 bridgehead atoms. The average Bonchev–Trinajstić information content (AvgIpc) is 2.42. The molecule has 1 aromatic rings. The number of ether oxygens (including phenoxy) is 1. The lowest BCUT2D eigenvalue weighted by molar-refractivity contribution is 0.0600. The van der Waals surface area contributed by atoms with Crippen LogP contribution in [0, 0.1) is 0 Å². The number of hydrogen-bond acceptors (Lipinski definition) is 4. The van der Waals surface area contributed by atoms with Gasteiger partial charge in [-0.25, -0.2) is 4.79 Å². The minimum absolute atomic E-state index is 0.0642.